The summed E-state index contributed by atoms with van der Waals surface area (Å²) in [5.74, 6) is -0.902. The molecule has 0 aromatic heterocycles. The van der Waals surface area contributed by atoms with E-state index in [9.17, 15) is 19.5 Å². The van der Waals surface area contributed by atoms with Gasteiger partial charge in [0.25, 0.3) is 0 Å². The highest BCUT2D eigenvalue weighted by atomic mass is 16.6. The molecular weight excluding hydrogens is 665 g/mol. The number of amides is 3. The SMILES string of the molecule is CNC(=O)Nc1ccccc1-c1ccc(CN2Cc3ccccc3C[C@@H](N[C@](C(=O)OC(C)(C)C)(c3ccccc3)[C@@H](O)c3ccccc3)C2=O)cc1. The molecule has 6 rings (SSSR count). The lowest BCUT2D eigenvalue weighted by Crippen LogP contribution is -2.62. The molecule has 4 N–H and O–H groups in total. The summed E-state index contributed by atoms with van der Waals surface area (Å²) < 4.78 is 6.07. The molecule has 9 nitrogen and oxygen atoms in total. The molecule has 0 saturated heterocycles. The van der Waals surface area contributed by atoms with Gasteiger partial charge in [-0.2, -0.15) is 0 Å². The minimum Gasteiger partial charge on any atom is -0.458 e. The molecule has 0 radical (unpaired) electrons. The Balaban J connectivity index is 1.38. The number of nitrogens with zero attached hydrogens (tertiary/aromatic N) is 1. The van der Waals surface area contributed by atoms with Crippen molar-refractivity contribution >= 4 is 23.6 Å². The summed E-state index contributed by atoms with van der Waals surface area (Å²) in [5.41, 5.74) is 3.57. The third-order valence-electron chi connectivity index (χ3n) is 9.43. The van der Waals surface area contributed by atoms with Gasteiger partial charge >= 0.3 is 12.0 Å². The number of benzene rings is 5. The van der Waals surface area contributed by atoms with Crippen molar-refractivity contribution in [2.24, 2.45) is 0 Å². The second-order valence-corrected chi connectivity index (χ2v) is 14.3. The van der Waals surface area contributed by atoms with Gasteiger partial charge < -0.3 is 25.4 Å². The molecule has 0 bridgehead atoms. The molecule has 1 aliphatic heterocycles. The number of aliphatic hydroxyl groups excluding tert-OH is 1. The minimum absolute atomic E-state index is 0.213. The molecule has 0 saturated carbocycles. The molecule has 3 atom stereocenters. The predicted octanol–water partition coefficient (Wildman–Crippen LogP) is 7.12. The van der Waals surface area contributed by atoms with E-state index in [2.05, 4.69) is 16.0 Å². The van der Waals surface area contributed by atoms with Crippen LogP contribution in [0.1, 0.15) is 54.7 Å². The van der Waals surface area contributed by atoms with Crippen LogP contribution in [0.3, 0.4) is 0 Å². The number of hydrogen-bond acceptors (Lipinski definition) is 6. The topological polar surface area (TPSA) is 120 Å². The van der Waals surface area contributed by atoms with Crippen LogP contribution in [-0.2, 0) is 39.4 Å². The molecule has 53 heavy (non-hydrogen) atoms. The highest BCUT2D eigenvalue weighted by Gasteiger charge is 2.52. The minimum atomic E-state index is -1.85. The van der Waals surface area contributed by atoms with Crippen molar-refractivity contribution in [1.82, 2.24) is 15.5 Å². The van der Waals surface area contributed by atoms with Crippen LogP contribution in [-0.4, -0.2) is 46.6 Å². The van der Waals surface area contributed by atoms with E-state index in [1.165, 1.54) is 0 Å². The maximum Gasteiger partial charge on any atom is 0.334 e. The van der Waals surface area contributed by atoms with Crippen molar-refractivity contribution in [3.8, 4) is 11.1 Å². The fraction of sp³-hybridized carbons (Fsp3) is 0.250. The fourth-order valence-electron chi connectivity index (χ4n) is 6.84. The van der Waals surface area contributed by atoms with Crippen LogP contribution in [0.15, 0.2) is 133 Å². The van der Waals surface area contributed by atoms with Gasteiger partial charge in [0, 0.05) is 25.7 Å². The van der Waals surface area contributed by atoms with Crippen LogP contribution in [0.5, 0.6) is 0 Å². The van der Waals surface area contributed by atoms with E-state index < -0.39 is 29.3 Å². The van der Waals surface area contributed by atoms with E-state index in [1.807, 2.05) is 84.9 Å². The Kier molecular flexibility index (Phi) is 11.1. The first-order chi connectivity index (χ1) is 25.5. The first-order valence-corrected chi connectivity index (χ1v) is 17.8. The smallest absolute Gasteiger partial charge is 0.334 e. The van der Waals surface area contributed by atoms with Crippen molar-refractivity contribution < 1.29 is 24.2 Å². The Hall–Kier alpha value is -5.77. The molecule has 1 aliphatic rings. The highest BCUT2D eigenvalue weighted by molar-refractivity contribution is 5.94. The quantitative estimate of drug-likeness (QED) is 0.115. The Bertz CT molecular complexity index is 2050. The van der Waals surface area contributed by atoms with Gasteiger partial charge in [0.1, 0.15) is 11.7 Å². The second-order valence-electron chi connectivity index (χ2n) is 14.3. The van der Waals surface area contributed by atoms with E-state index in [1.54, 1.807) is 81.2 Å². The summed E-state index contributed by atoms with van der Waals surface area (Å²) >= 11 is 0. The van der Waals surface area contributed by atoms with Gasteiger partial charge in [-0.25, -0.2) is 9.59 Å². The third-order valence-corrected chi connectivity index (χ3v) is 9.43. The number of para-hydroxylation sites is 1. The Morgan fingerprint density at radius 1 is 0.811 bits per heavy atom. The molecule has 0 fully saturated rings. The summed E-state index contributed by atoms with van der Waals surface area (Å²) in [4.78, 5) is 43.4. The van der Waals surface area contributed by atoms with Gasteiger partial charge in [-0.1, -0.05) is 127 Å². The molecule has 1 heterocycles. The second kappa shape index (κ2) is 15.9. The zero-order valence-electron chi connectivity index (χ0n) is 30.5. The van der Waals surface area contributed by atoms with E-state index in [0.717, 1.165) is 27.8 Å². The van der Waals surface area contributed by atoms with E-state index in [-0.39, 0.29) is 11.9 Å². The van der Waals surface area contributed by atoms with E-state index in [4.69, 9.17) is 4.74 Å². The average molecular weight is 711 g/mol. The standard InChI is InChI=1S/C44H46N4O5/c1-43(2,3)53-41(51)44(35-19-9-6-10-20-35,39(49)32-15-7-5-8-16-32)47-38-27-33-17-11-12-18-34(33)29-48(40(38)50)28-30-23-25-31(26-24-30)36-21-13-14-22-37(36)46-42(52)45-4/h5-26,38-39,47,49H,27-29H2,1-4H3,(H2,45,46,52)/t38-,39+,44-/m1/s1. The average Bonchev–Trinajstić information content (AvgIpc) is 3.29. The zero-order chi connectivity index (χ0) is 37.6. The fourth-order valence-corrected chi connectivity index (χ4v) is 6.84. The number of urea groups is 1. The molecule has 0 aliphatic carbocycles. The number of nitrogens with one attached hydrogen (secondary N) is 3. The predicted molar refractivity (Wildman–Crippen MR) is 207 cm³/mol. The molecule has 0 unspecified atom stereocenters. The van der Waals surface area contributed by atoms with E-state index in [0.29, 0.717) is 36.3 Å². The van der Waals surface area contributed by atoms with Gasteiger partial charge in [0.15, 0.2) is 5.54 Å². The lowest BCUT2D eigenvalue weighted by molar-refractivity contribution is -0.171. The zero-order valence-corrected chi connectivity index (χ0v) is 30.5. The number of esters is 1. The number of fused-ring (bicyclic) bond motifs is 1. The Morgan fingerprint density at radius 2 is 1.42 bits per heavy atom. The largest absolute Gasteiger partial charge is 0.458 e. The van der Waals surface area contributed by atoms with Gasteiger partial charge in [-0.15, -0.1) is 0 Å². The number of anilines is 1. The molecular formula is C44H46N4O5. The summed E-state index contributed by atoms with van der Waals surface area (Å²) in [6, 6.07) is 40.2. The molecule has 5 aromatic rings. The van der Waals surface area contributed by atoms with Crippen LogP contribution < -0.4 is 16.0 Å². The lowest BCUT2D eigenvalue weighted by atomic mass is 9.79. The van der Waals surface area contributed by atoms with Gasteiger partial charge in [0.2, 0.25) is 5.91 Å². The normalized spacial score (nSPS) is 16.1. The maximum atomic E-state index is 14.8. The van der Waals surface area contributed by atoms with Crippen molar-refractivity contribution in [1.29, 1.82) is 0 Å². The van der Waals surface area contributed by atoms with E-state index >= 15 is 0 Å². The molecule has 3 amide bonds. The number of rotatable bonds is 10. The number of carbonyl (C=O) groups is 3. The first-order valence-electron chi connectivity index (χ1n) is 17.8. The summed E-state index contributed by atoms with van der Waals surface area (Å²) in [7, 11) is 1.57. The summed E-state index contributed by atoms with van der Waals surface area (Å²) in [6.07, 6.45) is -1.12. The Labute approximate surface area is 311 Å². The lowest BCUT2D eigenvalue weighted by Gasteiger charge is -2.41. The summed E-state index contributed by atoms with van der Waals surface area (Å²) in [5, 5.41) is 21.2. The van der Waals surface area contributed by atoms with Crippen LogP contribution in [0.25, 0.3) is 11.1 Å². The van der Waals surface area contributed by atoms with Crippen molar-refractivity contribution in [3.05, 3.63) is 161 Å². The highest BCUT2D eigenvalue weighted by Crippen LogP contribution is 2.39. The van der Waals surface area contributed by atoms with Gasteiger partial charge in [-0.3, -0.25) is 10.1 Å². The molecule has 0 spiro atoms. The summed E-state index contributed by atoms with van der Waals surface area (Å²) in [6.45, 7) is 6.02. The van der Waals surface area contributed by atoms with Crippen LogP contribution in [0.4, 0.5) is 10.5 Å². The van der Waals surface area contributed by atoms with Gasteiger partial charge in [-0.05, 0) is 66.6 Å². The number of carbonyl (C=O) groups excluding carboxylic acids is 3. The van der Waals surface area contributed by atoms with Crippen molar-refractivity contribution in [3.63, 3.8) is 0 Å². The number of hydrogen-bond donors (Lipinski definition) is 4. The molecule has 5 aromatic carbocycles. The van der Waals surface area contributed by atoms with Crippen LogP contribution in [0.2, 0.25) is 0 Å². The number of aliphatic hydroxyl groups is 1. The third kappa shape index (κ3) is 8.32. The van der Waals surface area contributed by atoms with Crippen LogP contribution >= 0.6 is 0 Å². The first kappa shape index (κ1) is 37.0. The maximum absolute atomic E-state index is 14.8. The van der Waals surface area contributed by atoms with Crippen molar-refractivity contribution in [2.45, 2.75) is 63.6 Å². The van der Waals surface area contributed by atoms with Crippen LogP contribution in [0, 0.1) is 0 Å². The Morgan fingerprint density at radius 3 is 2.08 bits per heavy atom. The number of ether oxygens (including phenoxy) is 1. The molecule has 9 heteroatoms. The van der Waals surface area contributed by atoms with Crippen molar-refractivity contribution in [2.75, 3.05) is 12.4 Å². The van der Waals surface area contributed by atoms with Gasteiger partial charge in [0.05, 0.1) is 11.7 Å². The molecule has 272 valence electrons. The monoisotopic (exact) mass is 710 g/mol.